The van der Waals surface area contributed by atoms with E-state index in [0.717, 1.165) is 42.5 Å². The van der Waals surface area contributed by atoms with Crippen molar-refractivity contribution in [1.29, 1.82) is 0 Å². The molecule has 4 saturated carbocycles. The third kappa shape index (κ3) is 4.95. The third-order valence-corrected chi connectivity index (χ3v) is 10.2. The zero-order valence-electron chi connectivity index (χ0n) is 22.8. The van der Waals surface area contributed by atoms with Crippen LogP contribution in [0, 0.1) is 23.2 Å². The van der Waals surface area contributed by atoms with Crippen molar-refractivity contribution in [2.24, 2.45) is 23.2 Å². The highest BCUT2D eigenvalue weighted by Crippen LogP contribution is 2.60. The summed E-state index contributed by atoms with van der Waals surface area (Å²) < 4.78 is 5.75. The molecule has 1 aromatic heterocycles. The van der Waals surface area contributed by atoms with Crippen molar-refractivity contribution in [2.75, 3.05) is 0 Å². The molecular formula is C32H45NO4. The standard InChI is InChI=1S/C32H45NO4/c1-5-24-19-37-30(33-24)32(15-16-32)29(36)13-8-20(2)26-11-12-27-22(7-6-14-31(26,27)4)9-10-23-17-25(34)18-28(35)21(23)3/h8-10,13,19-20,25-29,34-36H,3,5-7,11-12,14-18H2,1-2,4H3/t20-,25-,26-,27+,28+,29+,31-/m1/s1. The molecule has 3 N–H and O–H groups in total. The van der Waals surface area contributed by atoms with E-state index in [4.69, 9.17) is 4.42 Å². The molecule has 202 valence electrons. The number of rotatable bonds is 7. The molecule has 0 radical (unpaired) electrons. The van der Waals surface area contributed by atoms with Crippen LogP contribution in [0.4, 0.5) is 0 Å². The zero-order valence-corrected chi connectivity index (χ0v) is 22.8. The van der Waals surface area contributed by atoms with Gasteiger partial charge in [0.2, 0.25) is 5.89 Å². The summed E-state index contributed by atoms with van der Waals surface area (Å²) >= 11 is 0. The number of aliphatic hydroxyl groups excluding tert-OH is 3. The molecule has 0 saturated heterocycles. The number of fused-ring (bicyclic) bond motifs is 1. The average Bonchev–Trinajstić information content (AvgIpc) is 3.39. The van der Waals surface area contributed by atoms with Gasteiger partial charge in [-0.2, -0.15) is 0 Å². The molecule has 7 atom stereocenters. The minimum atomic E-state index is -0.643. The molecule has 0 bridgehead atoms. The van der Waals surface area contributed by atoms with Crippen LogP contribution in [0.5, 0.6) is 0 Å². The number of hydrogen-bond acceptors (Lipinski definition) is 5. The van der Waals surface area contributed by atoms with Gasteiger partial charge in [-0.3, -0.25) is 0 Å². The number of oxazole rings is 1. The monoisotopic (exact) mass is 507 g/mol. The molecular weight excluding hydrogens is 462 g/mol. The first-order valence-electron chi connectivity index (χ1n) is 14.4. The van der Waals surface area contributed by atoms with Crippen molar-refractivity contribution < 1.29 is 19.7 Å². The molecule has 0 spiro atoms. The lowest BCUT2D eigenvalue weighted by molar-refractivity contribution is 0.0862. The van der Waals surface area contributed by atoms with Gasteiger partial charge in [-0.15, -0.1) is 0 Å². The van der Waals surface area contributed by atoms with Crippen LogP contribution in [0.25, 0.3) is 0 Å². The summed E-state index contributed by atoms with van der Waals surface area (Å²) in [7, 11) is 0. The normalized spacial score (nSPS) is 37.3. The van der Waals surface area contributed by atoms with Crippen molar-refractivity contribution >= 4 is 0 Å². The van der Waals surface area contributed by atoms with Gasteiger partial charge in [-0.1, -0.05) is 57.2 Å². The van der Waals surface area contributed by atoms with Crippen molar-refractivity contribution in [3.63, 3.8) is 0 Å². The third-order valence-electron chi connectivity index (χ3n) is 10.2. The van der Waals surface area contributed by atoms with Crippen LogP contribution in [-0.4, -0.2) is 38.6 Å². The molecule has 4 fully saturated rings. The SMILES string of the molecule is C=C1C(=CC=C2CCC[C@]3(C)[C@@H]([C@H](C)C=C[C@H](O)C4(c5nc(CC)co5)CC4)CC[C@@H]23)C[C@@H](O)C[C@@H]1O. The Labute approximate surface area is 222 Å². The minimum absolute atomic E-state index is 0.246. The molecule has 1 aromatic rings. The molecule has 4 aliphatic rings. The van der Waals surface area contributed by atoms with Gasteiger partial charge in [0.05, 0.1) is 29.4 Å². The van der Waals surface area contributed by atoms with Crippen molar-refractivity contribution in [3.8, 4) is 0 Å². The van der Waals surface area contributed by atoms with Gasteiger partial charge in [0.25, 0.3) is 0 Å². The summed E-state index contributed by atoms with van der Waals surface area (Å²) in [4.78, 5) is 4.62. The smallest absolute Gasteiger partial charge is 0.203 e. The number of hydrogen-bond donors (Lipinski definition) is 3. The lowest BCUT2D eigenvalue weighted by atomic mass is 9.61. The highest BCUT2D eigenvalue weighted by Gasteiger charge is 2.54. The summed E-state index contributed by atoms with van der Waals surface area (Å²) in [6.07, 6.45) is 18.3. The van der Waals surface area contributed by atoms with Crippen LogP contribution in [0.1, 0.15) is 90.1 Å². The van der Waals surface area contributed by atoms with Crippen molar-refractivity contribution in [1.82, 2.24) is 4.98 Å². The molecule has 5 heteroatoms. The van der Waals surface area contributed by atoms with Gasteiger partial charge in [-0.05, 0) is 92.1 Å². The summed E-state index contributed by atoms with van der Waals surface area (Å²) in [6, 6.07) is 0. The predicted molar refractivity (Wildman–Crippen MR) is 146 cm³/mol. The Morgan fingerprint density at radius 2 is 1.97 bits per heavy atom. The molecule has 0 amide bonds. The van der Waals surface area contributed by atoms with Crippen LogP contribution < -0.4 is 0 Å². The van der Waals surface area contributed by atoms with Crippen LogP contribution in [0.2, 0.25) is 0 Å². The van der Waals surface area contributed by atoms with E-state index >= 15 is 0 Å². The van der Waals surface area contributed by atoms with E-state index < -0.39 is 18.3 Å². The number of allylic oxidation sites excluding steroid dienone is 4. The first-order valence-corrected chi connectivity index (χ1v) is 14.4. The fourth-order valence-corrected chi connectivity index (χ4v) is 7.68. The Bertz CT molecular complexity index is 1090. The summed E-state index contributed by atoms with van der Waals surface area (Å²) in [5, 5.41) is 31.4. The highest BCUT2D eigenvalue weighted by atomic mass is 16.3. The van der Waals surface area contributed by atoms with E-state index in [-0.39, 0.29) is 10.8 Å². The first kappa shape index (κ1) is 26.6. The van der Waals surface area contributed by atoms with Crippen LogP contribution in [-0.2, 0) is 11.8 Å². The maximum atomic E-state index is 11.1. The molecule has 4 aliphatic carbocycles. The Balaban J connectivity index is 1.28. The fourth-order valence-electron chi connectivity index (χ4n) is 7.68. The van der Waals surface area contributed by atoms with Gasteiger partial charge < -0.3 is 19.7 Å². The average molecular weight is 508 g/mol. The Morgan fingerprint density at radius 3 is 2.68 bits per heavy atom. The van der Waals surface area contributed by atoms with Crippen LogP contribution in [0.15, 0.2) is 58.3 Å². The van der Waals surface area contributed by atoms with Gasteiger partial charge in [-0.25, -0.2) is 4.98 Å². The second-order valence-corrected chi connectivity index (χ2v) is 12.5. The molecule has 0 aromatic carbocycles. The molecule has 5 nitrogen and oxygen atoms in total. The predicted octanol–water partition coefficient (Wildman–Crippen LogP) is 5.96. The molecule has 37 heavy (non-hydrogen) atoms. The Kier molecular flexibility index (Phi) is 7.43. The van der Waals surface area contributed by atoms with E-state index in [0.29, 0.717) is 36.5 Å². The van der Waals surface area contributed by atoms with Crippen molar-refractivity contribution in [2.45, 2.75) is 109 Å². The largest absolute Gasteiger partial charge is 0.448 e. The van der Waals surface area contributed by atoms with E-state index in [2.05, 4.69) is 50.6 Å². The van der Waals surface area contributed by atoms with E-state index in [1.165, 1.54) is 31.3 Å². The van der Waals surface area contributed by atoms with Crippen molar-refractivity contribution in [3.05, 3.63) is 65.5 Å². The first-order chi connectivity index (χ1) is 17.7. The molecule has 1 heterocycles. The Morgan fingerprint density at radius 1 is 1.19 bits per heavy atom. The van der Waals surface area contributed by atoms with Gasteiger partial charge in [0, 0.05) is 6.42 Å². The highest BCUT2D eigenvalue weighted by molar-refractivity contribution is 5.38. The van der Waals surface area contributed by atoms with Crippen LogP contribution in [0.3, 0.4) is 0 Å². The van der Waals surface area contributed by atoms with E-state index in [1.807, 2.05) is 6.08 Å². The maximum absolute atomic E-state index is 11.1. The number of aliphatic hydroxyl groups is 3. The van der Waals surface area contributed by atoms with E-state index in [1.54, 1.807) is 6.26 Å². The molecule has 5 rings (SSSR count). The topological polar surface area (TPSA) is 86.7 Å². The number of aromatic nitrogens is 1. The number of nitrogens with zero attached hydrogens (tertiary/aromatic N) is 1. The zero-order chi connectivity index (χ0) is 26.4. The lowest BCUT2D eigenvalue weighted by Gasteiger charge is -2.44. The summed E-state index contributed by atoms with van der Waals surface area (Å²) in [5.41, 5.74) is 4.10. The van der Waals surface area contributed by atoms with Gasteiger partial charge >= 0.3 is 0 Å². The van der Waals surface area contributed by atoms with E-state index in [9.17, 15) is 15.3 Å². The maximum Gasteiger partial charge on any atom is 0.203 e. The second-order valence-electron chi connectivity index (χ2n) is 12.5. The molecule has 0 aliphatic heterocycles. The minimum Gasteiger partial charge on any atom is -0.448 e. The summed E-state index contributed by atoms with van der Waals surface area (Å²) in [5.74, 6) is 2.22. The summed E-state index contributed by atoms with van der Waals surface area (Å²) in [6.45, 7) is 10.9. The lowest BCUT2D eigenvalue weighted by Crippen LogP contribution is -2.35. The number of aryl methyl sites for hydroxylation is 1. The molecule has 0 unspecified atom stereocenters. The second kappa shape index (κ2) is 10.3. The fraction of sp³-hybridized carbons (Fsp3) is 0.656. The van der Waals surface area contributed by atoms with Crippen LogP contribution >= 0.6 is 0 Å². The Hall–Kier alpha value is -1.95. The van der Waals surface area contributed by atoms with Gasteiger partial charge in [0.1, 0.15) is 6.26 Å². The van der Waals surface area contributed by atoms with Gasteiger partial charge in [0.15, 0.2) is 0 Å². The quantitative estimate of drug-likeness (QED) is 0.396.